The fraction of sp³-hybridized carbons (Fsp3) is 0.350. The molecule has 0 spiro atoms. The number of esters is 1. The van der Waals surface area contributed by atoms with E-state index >= 15 is 0 Å². The van der Waals surface area contributed by atoms with E-state index in [0.717, 1.165) is 33.4 Å². The molecule has 2 heterocycles. The van der Waals surface area contributed by atoms with Gasteiger partial charge in [0, 0.05) is 29.8 Å². The van der Waals surface area contributed by atoms with Gasteiger partial charge in [0.2, 0.25) is 0 Å². The topological polar surface area (TPSA) is 70.1 Å². The van der Waals surface area contributed by atoms with Gasteiger partial charge in [0.1, 0.15) is 0 Å². The lowest BCUT2D eigenvalue weighted by molar-refractivity contribution is 0.0525. The Hall–Kier alpha value is -2.54. The fourth-order valence-corrected chi connectivity index (χ4v) is 3.94. The SMILES string of the molecule is CCOC(=O)c1c(C)[nH]c(C)c1C1=NN(C)C(=NCc2ccccc2)SC1. The number of nitrogens with one attached hydrogen (secondary N) is 1. The zero-order valence-electron chi connectivity index (χ0n) is 16.1. The van der Waals surface area contributed by atoms with Crippen molar-refractivity contribution in [3.05, 3.63) is 58.4 Å². The van der Waals surface area contributed by atoms with E-state index in [9.17, 15) is 4.79 Å². The standard InChI is InChI=1S/C20H24N4O2S/c1-5-26-19(25)18-14(3)22-13(2)17(18)16-12-27-20(24(4)23-16)21-11-15-9-7-6-8-10-15/h6-10,22H,5,11-12H2,1-4H3. The van der Waals surface area contributed by atoms with E-state index in [1.54, 1.807) is 16.8 Å². The summed E-state index contributed by atoms with van der Waals surface area (Å²) in [5.74, 6) is 0.343. The molecule has 1 N–H and O–H groups in total. The van der Waals surface area contributed by atoms with Crippen molar-refractivity contribution < 1.29 is 9.53 Å². The highest BCUT2D eigenvalue weighted by Crippen LogP contribution is 2.26. The molecule has 27 heavy (non-hydrogen) atoms. The van der Waals surface area contributed by atoms with Crippen molar-refractivity contribution in [3.63, 3.8) is 0 Å². The molecule has 0 atom stereocenters. The van der Waals surface area contributed by atoms with Crippen LogP contribution in [0.25, 0.3) is 0 Å². The smallest absolute Gasteiger partial charge is 0.340 e. The molecule has 0 radical (unpaired) electrons. The van der Waals surface area contributed by atoms with Crippen molar-refractivity contribution in [2.45, 2.75) is 27.3 Å². The first-order valence-electron chi connectivity index (χ1n) is 8.90. The summed E-state index contributed by atoms with van der Waals surface area (Å²) in [5, 5.41) is 7.34. The molecule has 0 aliphatic carbocycles. The lowest BCUT2D eigenvalue weighted by Gasteiger charge is -2.23. The number of hydrogen-bond acceptors (Lipinski definition) is 5. The number of hydrogen-bond donors (Lipinski definition) is 1. The van der Waals surface area contributed by atoms with E-state index < -0.39 is 0 Å². The van der Waals surface area contributed by atoms with Gasteiger partial charge in [-0.05, 0) is 26.3 Å². The number of nitrogens with zero attached hydrogens (tertiary/aromatic N) is 3. The van der Waals surface area contributed by atoms with Crippen LogP contribution in [0.2, 0.25) is 0 Å². The third-order valence-electron chi connectivity index (χ3n) is 4.27. The Morgan fingerprint density at radius 2 is 2.04 bits per heavy atom. The third-order valence-corrected chi connectivity index (χ3v) is 5.34. The van der Waals surface area contributed by atoms with Crippen LogP contribution >= 0.6 is 11.8 Å². The monoisotopic (exact) mass is 384 g/mol. The van der Waals surface area contributed by atoms with Crippen molar-refractivity contribution in [1.82, 2.24) is 9.99 Å². The highest BCUT2D eigenvalue weighted by atomic mass is 32.2. The van der Waals surface area contributed by atoms with Crippen molar-refractivity contribution in [2.24, 2.45) is 10.1 Å². The van der Waals surface area contributed by atoms with Gasteiger partial charge in [0.05, 0.1) is 24.4 Å². The number of amidine groups is 1. The molecule has 0 unspecified atom stereocenters. The second-order valence-electron chi connectivity index (χ2n) is 6.29. The van der Waals surface area contributed by atoms with Crippen LogP contribution in [0.3, 0.4) is 0 Å². The highest BCUT2D eigenvalue weighted by molar-refractivity contribution is 8.14. The van der Waals surface area contributed by atoms with Gasteiger partial charge in [0.25, 0.3) is 0 Å². The van der Waals surface area contributed by atoms with E-state index in [-0.39, 0.29) is 5.97 Å². The van der Waals surface area contributed by atoms with E-state index in [1.165, 1.54) is 0 Å². The minimum absolute atomic E-state index is 0.312. The summed E-state index contributed by atoms with van der Waals surface area (Å²) in [6, 6.07) is 10.1. The van der Waals surface area contributed by atoms with Gasteiger partial charge in [-0.1, -0.05) is 42.1 Å². The Morgan fingerprint density at radius 3 is 2.70 bits per heavy atom. The summed E-state index contributed by atoms with van der Waals surface area (Å²) in [4.78, 5) is 20.3. The molecule has 1 aromatic heterocycles. The number of aliphatic imine (C=N–C) groups is 1. The number of carbonyl (C=O) groups is 1. The van der Waals surface area contributed by atoms with Crippen LogP contribution in [0.1, 0.15) is 39.8 Å². The average molecular weight is 385 g/mol. The first-order valence-corrected chi connectivity index (χ1v) is 9.88. The molecule has 1 aliphatic rings. The number of ether oxygens (including phenoxy) is 1. The predicted molar refractivity (Wildman–Crippen MR) is 111 cm³/mol. The quantitative estimate of drug-likeness (QED) is 0.797. The summed E-state index contributed by atoms with van der Waals surface area (Å²) in [5.41, 5.74) is 5.16. The second-order valence-corrected chi connectivity index (χ2v) is 7.23. The fourth-order valence-electron chi connectivity index (χ4n) is 3.09. The van der Waals surface area contributed by atoms with Gasteiger partial charge in [-0.25, -0.2) is 9.80 Å². The summed E-state index contributed by atoms with van der Waals surface area (Å²) < 4.78 is 5.23. The maximum atomic E-state index is 12.4. The molecular weight excluding hydrogens is 360 g/mol. The number of rotatable bonds is 5. The number of hydrazone groups is 1. The first-order chi connectivity index (χ1) is 13.0. The van der Waals surface area contributed by atoms with Gasteiger partial charge in [-0.3, -0.25) is 4.99 Å². The Kier molecular flexibility index (Phi) is 6.01. The number of aryl methyl sites for hydroxylation is 2. The van der Waals surface area contributed by atoms with E-state index in [0.29, 0.717) is 24.5 Å². The predicted octanol–water partition coefficient (Wildman–Crippen LogP) is 3.75. The molecule has 7 heteroatoms. The summed E-state index contributed by atoms with van der Waals surface area (Å²) in [7, 11) is 1.88. The molecule has 6 nitrogen and oxygen atoms in total. The molecule has 1 aromatic carbocycles. The maximum absolute atomic E-state index is 12.4. The molecule has 2 aromatic rings. The van der Waals surface area contributed by atoms with Gasteiger partial charge in [-0.2, -0.15) is 5.10 Å². The Morgan fingerprint density at radius 1 is 1.30 bits per heavy atom. The van der Waals surface area contributed by atoms with E-state index in [1.807, 2.05) is 46.0 Å². The number of carbonyl (C=O) groups excluding carboxylic acids is 1. The molecule has 0 fully saturated rings. The number of H-pyrrole nitrogens is 1. The van der Waals surface area contributed by atoms with Gasteiger partial charge in [0.15, 0.2) is 5.17 Å². The van der Waals surface area contributed by atoms with Crippen LogP contribution in [0, 0.1) is 13.8 Å². The molecule has 0 amide bonds. The lowest BCUT2D eigenvalue weighted by Crippen LogP contribution is -2.29. The Labute approximate surface area is 163 Å². The van der Waals surface area contributed by atoms with Crippen LogP contribution in [0.4, 0.5) is 0 Å². The van der Waals surface area contributed by atoms with Crippen LogP contribution in [-0.4, -0.2) is 46.2 Å². The van der Waals surface area contributed by atoms with Crippen molar-refractivity contribution in [1.29, 1.82) is 0 Å². The molecule has 0 bridgehead atoms. The van der Waals surface area contributed by atoms with Gasteiger partial charge >= 0.3 is 5.97 Å². The molecule has 0 saturated carbocycles. The van der Waals surface area contributed by atoms with Crippen molar-refractivity contribution >= 4 is 28.6 Å². The van der Waals surface area contributed by atoms with Crippen molar-refractivity contribution in [3.8, 4) is 0 Å². The van der Waals surface area contributed by atoms with E-state index in [4.69, 9.17) is 9.84 Å². The summed E-state index contributed by atoms with van der Waals surface area (Å²) in [6.07, 6.45) is 0. The maximum Gasteiger partial charge on any atom is 0.340 e. The van der Waals surface area contributed by atoms with E-state index in [2.05, 4.69) is 22.1 Å². The molecule has 142 valence electrons. The summed E-state index contributed by atoms with van der Waals surface area (Å²) >= 11 is 1.62. The summed E-state index contributed by atoms with van der Waals surface area (Å²) in [6.45, 7) is 6.62. The third kappa shape index (κ3) is 4.24. The second kappa shape index (κ2) is 8.43. The van der Waals surface area contributed by atoms with Crippen LogP contribution in [-0.2, 0) is 11.3 Å². The first kappa shape index (κ1) is 19.2. The largest absolute Gasteiger partial charge is 0.462 e. The average Bonchev–Trinajstić information content (AvgIpc) is 2.95. The minimum atomic E-state index is -0.312. The number of aromatic nitrogens is 1. The molecular formula is C20H24N4O2S. The highest BCUT2D eigenvalue weighted by Gasteiger charge is 2.27. The van der Waals surface area contributed by atoms with Gasteiger partial charge < -0.3 is 9.72 Å². The normalized spacial score (nSPS) is 15.8. The Balaban J connectivity index is 1.85. The van der Waals surface area contributed by atoms with Crippen LogP contribution < -0.4 is 0 Å². The zero-order valence-corrected chi connectivity index (χ0v) is 16.9. The molecule has 1 aliphatic heterocycles. The van der Waals surface area contributed by atoms with Crippen LogP contribution in [0.5, 0.6) is 0 Å². The van der Waals surface area contributed by atoms with Gasteiger partial charge in [-0.15, -0.1) is 0 Å². The number of thioether (sulfide) groups is 1. The minimum Gasteiger partial charge on any atom is -0.462 e. The lowest BCUT2D eigenvalue weighted by atomic mass is 10.1. The Bertz CT molecular complexity index is 887. The zero-order chi connectivity index (χ0) is 19.4. The molecule has 0 saturated heterocycles. The molecule has 3 rings (SSSR count). The number of benzene rings is 1. The number of aromatic amines is 1. The van der Waals surface area contributed by atoms with Crippen molar-refractivity contribution in [2.75, 3.05) is 19.4 Å². The van der Waals surface area contributed by atoms with Crippen LogP contribution in [0.15, 0.2) is 40.4 Å².